The zero-order valence-electron chi connectivity index (χ0n) is 11.0. The molecule has 0 aliphatic heterocycles. The summed E-state index contributed by atoms with van der Waals surface area (Å²) >= 11 is 0. The van der Waals surface area contributed by atoms with Gasteiger partial charge in [0, 0.05) is 12.2 Å². The van der Waals surface area contributed by atoms with E-state index in [1.54, 1.807) is 24.3 Å². The van der Waals surface area contributed by atoms with Crippen LogP contribution in [-0.2, 0) is 0 Å². The largest absolute Gasteiger partial charge is 0.387 e. The van der Waals surface area contributed by atoms with E-state index in [0.717, 1.165) is 12.1 Å². The Morgan fingerprint density at radius 3 is 2.48 bits per heavy atom. The van der Waals surface area contributed by atoms with Gasteiger partial charge in [0.05, 0.1) is 6.10 Å². The number of nitrogens with one attached hydrogen (secondary N) is 2. The molecule has 0 aliphatic rings. The Hall–Kier alpha value is -2.47. The number of amides is 2. The number of benzene rings is 2. The number of carbonyl (C=O) groups excluding carboxylic acids is 1. The first-order valence-electron chi connectivity index (χ1n) is 6.29. The molecular weight excluding hydrogens is 278 g/mol. The molecule has 0 radical (unpaired) electrons. The van der Waals surface area contributed by atoms with E-state index in [0.29, 0.717) is 5.69 Å². The lowest BCUT2D eigenvalue weighted by Gasteiger charge is -2.13. The molecule has 0 unspecified atom stereocenters. The SMILES string of the molecule is O=C(NC[C@@H](O)c1ccc(F)c(F)c1)Nc1ccccc1. The standard InChI is InChI=1S/C15H14F2N2O2/c16-12-7-6-10(8-13(12)17)14(20)9-18-15(21)19-11-4-2-1-3-5-11/h1-8,14,20H,9H2,(H2,18,19,21)/t14-/m1/s1. The van der Waals surface area contributed by atoms with Gasteiger partial charge in [0.25, 0.3) is 0 Å². The van der Waals surface area contributed by atoms with Crippen LogP contribution in [0.4, 0.5) is 19.3 Å². The fourth-order valence-electron chi connectivity index (χ4n) is 1.72. The number of carbonyl (C=O) groups is 1. The first-order valence-corrected chi connectivity index (χ1v) is 6.29. The Labute approximate surface area is 120 Å². The molecule has 1 atom stereocenters. The third-order valence-electron chi connectivity index (χ3n) is 2.82. The van der Waals surface area contributed by atoms with Crippen molar-refractivity contribution in [3.63, 3.8) is 0 Å². The molecule has 2 rings (SSSR count). The second-order valence-electron chi connectivity index (χ2n) is 4.39. The number of aliphatic hydroxyl groups is 1. The Morgan fingerprint density at radius 2 is 1.81 bits per heavy atom. The van der Waals surface area contributed by atoms with Crippen molar-refractivity contribution in [2.75, 3.05) is 11.9 Å². The van der Waals surface area contributed by atoms with Gasteiger partial charge in [0.15, 0.2) is 11.6 Å². The number of anilines is 1. The molecule has 2 aromatic rings. The van der Waals surface area contributed by atoms with Crippen LogP contribution in [0.25, 0.3) is 0 Å². The highest BCUT2D eigenvalue weighted by Crippen LogP contribution is 2.15. The maximum atomic E-state index is 13.0. The summed E-state index contributed by atoms with van der Waals surface area (Å²) in [5.74, 6) is -2.03. The van der Waals surface area contributed by atoms with Crippen LogP contribution in [0.3, 0.4) is 0 Å². The zero-order valence-corrected chi connectivity index (χ0v) is 11.0. The minimum Gasteiger partial charge on any atom is -0.387 e. The van der Waals surface area contributed by atoms with Gasteiger partial charge >= 0.3 is 6.03 Å². The molecule has 0 spiro atoms. The predicted molar refractivity (Wildman–Crippen MR) is 74.8 cm³/mol. The molecular formula is C15H14F2N2O2. The van der Waals surface area contributed by atoms with E-state index in [1.165, 1.54) is 6.07 Å². The Morgan fingerprint density at radius 1 is 1.10 bits per heavy atom. The molecule has 0 bridgehead atoms. The summed E-state index contributed by atoms with van der Waals surface area (Å²) in [6.07, 6.45) is -1.12. The normalized spacial score (nSPS) is 11.8. The predicted octanol–water partition coefficient (Wildman–Crippen LogP) is 2.82. The van der Waals surface area contributed by atoms with Gasteiger partial charge in [0.1, 0.15) is 0 Å². The summed E-state index contributed by atoms with van der Waals surface area (Å²) in [6.45, 7) is -0.121. The highest BCUT2D eigenvalue weighted by molar-refractivity contribution is 5.89. The minimum absolute atomic E-state index is 0.121. The third-order valence-corrected chi connectivity index (χ3v) is 2.82. The lowest BCUT2D eigenvalue weighted by atomic mass is 10.1. The number of urea groups is 1. The van der Waals surface area contributed by atoms with E-state index < -0.39 is 23.8 Å². The minimum atomic E-state index is -1.12. The molecule has 110 valence electrons. The van der Waals surface area contributed by atoms with Gasteiger partial charge in [-0.2, -0.15) is 0 Å². The average molecular weight is 292 g/mol. The first-order chi connectivity index (χ1) is 10.1. The topological polar surface area (TPSA) is 61.4 Å². The molecule has 2 aromatic carbocycles. The molecule has 21 heavy (non-hydrogen) atoms. The van der Waals surface area contributed by atoms with Crippen LogP contribution in [0.15, 0.2) is 48.5 Å². The second-order valence-corrected chi connectivity index (χ2v) is 4.39. The van der Waals surface area contributed by atoms with E-state index in [2.05, 4.69) is 10.6 Å². The molecule has 0 saturated heterocycles. The lowest BCUT2D eigenvalue weighted by Crippen LogP contribution is -2.32. The first kappa shape index (κ1) is 14.9. The maximum absolute atomic E-state index is 13.0. The van der Waals surface area contributed by atoms with E-state index >= 15 is 0 Å². The third kappa shape index (κ3) is 4.25. The number of halogens is 2. The van der Waals surface area contributed by atoms with Crippen LogP contribution in [0.1, 0.15) is 11.7 Å². The molecule has 0 saturated carbocycles. The number of hydrogen-bond donors (Lipinski definition) is 3. The van der Waals surface area contributed by atoms with Crippen LogP contribution < -0.4 is 10.6 Å². The summed E-state index contributed by atoms with van der Waals surface area (Å²) in [4.78, 5) is 11.6. The Bertz CT molecular complexity index is 620. The highest BCUT2D eigenvalue weighted by atomic mass is 19.2. The fourth-order valence-corrected chi connectivity index (χ4v) is 1.72. The van der Waals surface area contributed by atoms with E-state index in [1.807, 2.05) is 6.07 Å². The number of para-hydroxylation sites is 1. The van der Waals surface area contributed by atoms with Gasteiger partial charge < -0.3 is 15.7 Å². The van der Waals surface area contributed by atoms with Crippen LogP contribution in [0.5, 0.6) is 0 Å². The highest BCUT2D eigenvalue weighted by Gasteiger charge is 2.12. The van der Waals surface area contributed by atoms with E-state index in [9.17, 15) is 18.7 Å². The van der Waals surface area contributed by atoms with Crippen molar-refractivity contribution in [1.29, 1.82) is 0 Å². The fraction of sp³-hybridized carbons (Fsp3) is 0.133. The number of aliphatic hydroxyl groups excluding tert-OH is 1. The van der Waals surface area contributed by atoms with Gasteiger partial charge in [-0.05, 0) is 29.8 Å². The summed E-state index contributed by atoms with van der Waals surface area (Å²) in [5, 5.41) is 14.8. The maximum Gasteiger partial charge on any atom is 0.319 e. The van der Waals surface area contributed by atoms with Crippen LogP contribution in [-0.4, -0.2) is 17.7 Å². The zero-order chi connectivity index (χ0) is 15.2. The number of hydrogen-bond acceptors (Lipinski definition) is 2. The lowest BCUT2D eigenvalue weighted by molar-refractivity contribution is 0.174. The average Bonchev–Trinajstić information content (AvgIpc) is 2.48. The van der Waals surface area contributed by atoms with E-state index in [4.69, 9.17) is 0 Å². The molecule has 0 fully saturated rings. The molecule has 4 nitrogen and oxygen atoms in total. The van der Waals surface area contributed by atoms with Gasteiger partial charge in [-0.15, -0.1) is 0 Å². The van der Waals surface area contributed by atoms with Crippen molar-refractivity contribution in [3.05, 3.63) is 65.7 Å². The number of rotatable bonds is 4. The van der Waals surface area contributed by atoms with Crippen LogP contribution in [0.2, 0.25) is 0 Å². The van der Waals surface area contributed by atoms with E-state index in [-0.39, 0.29) is 12.1 Å². The quantitative estimate of drug-likeness (QED) is 0.811. The van der Waals surface area contributed by atoms with Crippen molar-refractivity contribution >= 4 is 11.7 Å². The van der Waals surface area contributed by atoms with Crippen molar-refractivity contribution in [1.82, 2.24) is 5.32 Å². The molecule has 6 heteroatoms. The molecule has 3 N–H and O–H groups in total. The smallest absolute Gasteiger partial charge is 0.319 e. The Kier molecular flexibility index (Phi) is 4.84. The van der Waals surface area contributed by atoms with Crippen molar-refractivity contribution < 1.29 is 18.7 Å². The molecule has 0 aliphatic carbocycles. The van der Waals surface area contributed by atoms with Gasteiger partial charge in [0.2, 0.25) is 0 Å². The monoisotopic (exact) mass is 292 g/mol. The summed E-state index contributed by atoms with van der Waals surface area (Å²) in [6, 6.07) is 11.4. The van der Waals surface area contributed by atoms with Crippen LogP contribution in [0, 0.1) is 11.6 Å². The second kappa shape index (κ2) is 6.81. The summed E-state index contributed by atoms with van der Waals surface area (Å²) in [5.41, 5.74) is 0.797. The van der Waals surface area contributed by atoms with Crippen molar-refractivity contribution in [3.8, 4) is 0 Å². The molecule has 0 aromatic heterocycles. The van der Waals surface area contributed by atoms with Gasteiger partial charge in [-0.3, -0.25) is 0 Å². The van der Waals surface area contributed by atoms with Crippen molar-refractivity contribution in [2.45, 2.75) is 6.10 Å². The molecule has 0 heterocycles. The van der Waals surface area contributed by atoms with Crippen LogP contribution >= 0.6 is 0 Å². The van der Waals surface area contributed by atoms with Crippen molar-refractivity contribution in [2.24, 2.45) is 0 Å². The summed E-state index contributed by atoms with van der Waals surface area (Å²) < 4.78 is 25.8. The van der Waals surface area contributed by atoms with Gasteiger partial charge in [-0.25, -0.2) is 13.6 Å². The Balaban J connectivity index is 1.87. The van der Waals surface area contributed by atoms with Gasteiger partial charge in [-0.1, -0.05) is 24.3 Å². The summed E-state index contributed by atoms with van der Waals surface area (Å²) in [7, 11) is 0. The molecule has 2 amide bonds.